The van der Waals surface area contributed by atoms with Gasteiger partial charge in [-0.05, 0) is 30.2 Å². The first-order chi connectivity index (χ1) is 10.6. The van der Waals surface area contributed by atoms with Crippen LogP contribution in [-0.2, 0) is 9.53 Å². The lowest BCUT2D eigenvalue weighted by atomic mass is 9.96. The molecule has 0 fully saturated rings. The number of methoxy groups -OCH3 is 1. The SMILES string of the molecule is COC(=O)c1ccc2c(c1)NC(=O)/C2=C(\C)c1ccccc1. The average molecular weight is 293 g/mol. The highest BCUT2D eigenvalue weighted by Gasteiger charge is 2.27. The van der Waals surface area contributed by atoms with Crippen molar-refractivity contribution < 1.29 is 14.3 Å². The summed E-state index contributed by atoms with van der Waals surface area (Å²) in [7, 11) is 1.33. The van der Waals surface area contributed by atoms with Gasteiger partial charge in [-0.25, -0.2) is 4.79 Å². The number of esters is 1. The van der Waals surface area contributed by atoms with E-state index in [0.29, 0.717) is 16.8 Å². The predicted octanol–water partition coefficient (Wildman–Crippen LogP) is 3.36. The largest absolute Gasteiger partial charge is 0.465 e. The van der Waals surface area contributed by atoms with E-state index in [9.17, 15) is 9.59 Å². The Morgan fingerprint density at radius 3 is 2.45 bits per heavy atom. The van der Waals surface area contributed by atoms with Crippen molar-refractivity contribution in [3.63, 3.8) is 0 Å². The normalized spacial score (nSPS) is 15.1. The summed E-state index contributed by atoms with van der Waals surface area (Å²) in [6, 6.07) is 14.8. The van der Waals surface area contributed by atoms with Gasteiger partial charge in [0, 0.05) is 11.3 Å². The van der Waals surface area contributed by atoms with Crippen molar-refractivity contribution in [2.45, 2.75) is 6.92 Å². The third-order valence-corrected chi connectivity index (χ3v) is 3.77. The minimum atomic E-state index is -0.422. The highest BCUT2D eigenvalue weighted by atomic mass is 16.5. The van der Waals surface area contributed by atoms with Crippen LogP contribution < -0.4 is 5.32 Å². The molecule has 0 unspecified atom stereocenters. The molecular weight excluding hydrogens is 278 g/mol. The monoisotopic (exact) mass is 293 g/mol. The quantitative estimate of drug-likeness (QED) is 0.682. The van der Waals surface area contributed by atoms with E-state index < -0.39 is 5.97 Å². The number of fused-ring (bicyclic) bond motifs is 1. The van der Waals surface area contributed by atoms with E-state index >= 15 is 0 Å². The standard InChI is InChI=1S/C18H15NO3/c1-11(12-6-4-3-5-7-12)16-14-9-8-13(18(21)22-2)10-15(14)19-17(16)20/h3-10H,1-2H3,(H,19,20)/b16-11+. The number of rotatable bonds is 2. The van der Waals surface area contributed by atoms with Crippen LogP contribution in [-0.4, -0.2) is 19.0 Å². The number of hydrogen-bond acceptors (Lipinski definition) is 3. The van der Waals surface area contributed by atoms with Crippen molar-refractivity contribution >= 4 is 28.7 Å². The van der Waals surface area contributed by atoms with Crippen molar-refractivity contribution in [2.75, 3.05) is 12.4 Å². The maximum absolute atomic E-state index is 12.3. The van der Waals surface area contributed by atoms with Crippen molar-refractivity contribution in [3.8, 4) is 0 Å². The van der Waals surface area contributed by atoms with Crippen LogP contribution in [0.3, 0.4) is 0 Å². The highest BCUT2D eigenvalue weighted by molar-refractivity contribution is 6.36. The molecule has 2 aromatic rings. The molecule has 0 saturated heterocycles. The first-order valence-corrected chi connectivity index (χ1v) is 6.92. The van der Waals surface area contributed by atoms with E-state index in [2.05, 4.69) is 5.32 Å². The molecule has 1 aliphatic heterocycles. The van der Waals surface area contributed by atoms with Gasteiger partial charge >= 0.3 is 5.97 Å². The first kappa shape index (κ1) is 14.1. The molecule has 0 aromatic heterocycles. The summed E-state index contributed by atoms with van der Waals surface area (Å²) in [4.78, 5) is 23.9. The van der Waals surface area contributed by atoms with Crippen LogP contribution in [0, 0.1) is 0 Å². The van der Waals surface area contributed by atoms with E-state index in [1.165, 1.54) is 7.11 Å². The Bertz CT molecular complexity index is 791. The number of hydrogen-bond donors (Lipinski definition) is 1. The molecule has 2 aromatic carbocycles. The second-order valence-electron chi connectivity index (χ2n) is 5.07. The van der Waals surface area contributed by atoms with Gasteiger partial charge in [-0.15, -0.1) is 0 Å². The Balaban J connectivity index is 2.11. The zero-order chi connectivity index (χ0) is 15.7. The maximum Gasteiger partial charge on any atom is 0.337 e. The van der Waals surface area contributed by atoms with Crippen LogP contribution in [0.25, 0.3) is 11.1 Å². The maximum atomic E-state index is 12.3. The zero-order valence-electron chi connectivity index (χ0n) is 12.3. The number of nitrogens with one attached hydrogen (secondary N) is 1. The van der Waals surface area contributed by atoms with E-state index in [-0.39, 0.29) is 5.91 Å². The molecule has 110 valence electrons. The summed E-state index contributed by atoms with van der Waals surface area (Å²) < 4.78 is 4.70. The lowest BCUT2D eigenvalue weighted by Crippen LogP contribution is -2.05. The van der Waals surface area contributed by atoms with E-state index in [1.54, 1.807) is 18.2 Å². The molecule has 22 heavy (non-hydrogen) atoms. The van der Waals surface area contributed by atoms with Crippen molar-refractivity contribution in [2.24, 2.45) is 0 Å². The summed E-state index contributed by atoms with van der Waals surface area (Å²) in [6.07, 6.45) is 0. The fourth-order valence-electron chi connectivity index (χ4n) is 2.62. The van der Waals surface area contributed by atoms with E-state index in [1.807, 2.05) is 37.3 Å². The summed E-state index contributed by atoms with van der Waals surface area (Å²) in [5.74, 6) is -0.576. The Morgan fingerprint density at radius 2 is 1.77 bits per heavy atom. The van der Waals surface area contributed by atoms with E-state index in [4.69, 9.17) is 4.74 Å². The van der Waals surface area contributed by atoms with Gasteiger partial charge in [-0.1, -0.05) is 36.4 Å². The van der Waals surface area contributed by atoms with Crippen LogP contribution in [0.15, 0.2) is 48.5 Å². The molecule has 0 radical (unpaired) electrons. The summed E-state index contributed by atoms with van der Waals surface area (Å²) in [5, 5.41) is 2.81. The topological polar surface area (TPSA) is 55.4 Å². The van der Waals surface area contributed by atoms with Gasteiger partial charge in [0.05, 0.1) is 18.2 Å². The van der Waals surface area contributed by atoms with Gasteiger partial charge in [0.1, 0.15) is 0 Å². The van der Waals surface area contributed by atoms with Crippen LogP contribution in [0.4, 0.5) is 5.69 Å². The minimum absolute atomic E-state index is 0.154. The Hall–Kier alpha value is -2.88. The Morgan fingerprint density at radius 1 is 1.05 bits per heavy atom. The third kappa shape index (κ3) is 2.29. The smallest absolute Gasteiger partial charge is 0.337 e. The molecule has 4 nitrogen and oxygen atoms in total. The molecule has 3 rings (SSSR count). The second kappa shape index (κ2) is 5.48. The Kier molecular flexibility index (Phi) is 3.51. The molecule has 0 atom stereocenters. The number of allylic oxidation sites excluding steroid dienone is 1. The summed E-state index contributed by atoms with van der Waals surface area (Å²) in [6.45, 7) is 1.92. The fraction of sp³-hybridized carbons (Fsp3) is 0.111. The van der Waals surface area contributed by atoms with Gasteiger partial charge < -0.3 is 10.1 Å². The number of benzene rings is 2. The van der Waals surface area contributed by atoms with Gasteiger partial charge in [-0.3, -0.25) is 4.79 Å². The molecule has 4 heteroatoms. The number of anilines is 1. The van der Waals surface area contributed by atoms with Crippen molar-refractivity contribution in [3.05, 3.63) is 65.2 Å². The van der Waals surface area contributed by atoms with Crippen molar-refractivity contribution in [1.29, 1.82) is 0 Å². The van der Waals surface area contributed by atoms with Gasteiger partial charge in [0.15, 0.2) is 0 Å². The summed E-state index contributed by atoms with van der Waals surface area (Å²) >= 11 is 0. The number of carbonyl (C=O) groups excluding carboxylic acids is 2. The minimum Gasteiger partial charge on any atom is -0.465 e. The van der Waals surface area contributed by atoms with Crippen LogP contribution >= 0.6 is 0 Å². The number of carbonyl (C=O) groups is 2. The molecule has 1 amide bonds. The molecule has 1 aliphatic rings. The molecule has 0 aliphatic carbocycles. The molecule has 0 bridgehead atoms. The van der Waals surface area contributed by atoms with E-state index in [0.717, 1.165) is 16.7 Å². The van der Waals surface area contributed by atoms with Gasteiger partial charge in [0.2, 0.25) is 0 Å². The molecular formula is C18H15NO3. The zero-order valence-corrected chi connectivity index (χ0v) is 12.3. The van der Waals surface area contributed by atoms with Crippen LogP contribution in [0.5, 0.6) is 0 Å². The molecule has 1 N–H and O–H groups in total. The first-order valence-electron chi connectivity index (χ1n) is 6.92. The average Bonchev–Trinajstić information content (AvgIpc) is 2.89. The summed E-state index contributed by atoms with van der Waals surface area (Å²) in [5.41, 5.74) is 4.40. The van der Waals surface area contributed by atoms with Crippen LogP contribution in [0.1, 0.15) is 28.4 Å². The molecule has 0 spiro atoms. The highest BCUT2D eigenvalue weighted by Crippen LogP contribution is 2.37. The van der Waals surface area contributed by atoms with Crippen LogP contribution in [0.2, 0.25) is 0 Å². The lowest BCUT2D eigenvalue weighted by molar-refractivity contribution is -0.110. The second-order valence-corrected chi connectivity index (χ2v) is 5.07. The van der Waals surface area contributed by atoms with Gasteiger partial charge in [-0.2, -0.15) is 0 Å². The predicted molar refractivity (Wildman–Crippen MR) is 85.3 cm³/mol. The third-order valence-electron chi connectivity index (χ3n) is 3.77. The molecule has 0 saturated carbocycles. The van der Waals surface area contributed by atoms with Gasteiger partial charge in [0.25, 0.3) is 5.91 Å². The fourth-order valence-corrected chi connectivity index (χ4v) is 2.62. The van der Waals surface area contributed by atoms with Crippen molar-refractivity contribution in [1.82, 2.24) is 0 Å². The Labute approximate surface area is 128 Å². The number of ether oxygens (including phenoxy) is 1. The lowest BCUT2D eigenvalue weighted by Gasteiger charge is -2.06. The number of amides is 1. The molecule has 1 heterocycles.